The lowest BCUT2D eigenvalue weighted by atomic mass is 10.0. The number of halogens is 4. The number of alkyl halides is 3. The van der Waals surface area contributed by atoms with Crippen molar-refractivity contribution in [1.82, 2.24) is 4.90 Å². The van der Waals surface area contributed by atoms with Crippen LogP contribution in [0.15, 0.2) is 58.7 Å². The van der Waals surface area contributed by atoms with Gasteiger partial charge in [0.2, 0.25) is 0 Å². The largest absolute Gasteiger partial charge is 0.416 e. The summed E-state index contributed by atoms with van der Waals surface area (Å²) in [6.07, 6.45) is -3.95. The Morgan fingerprint density at radius 3 is 2.04 bits per heavy atom. The van der Waals surface area contributed by atoms with E-state index in [9.17, 15) is 13.2 Å². The molecule has 0 aromatic heterocycles. The van der Waals surface area contributed by atoms with Crippen molar-refractivity contribution in [3.05, 3.63) is 70.2 Å². The molecule has 0 bridgehead atoms. The number of hydrogen-bond donors (Lipinski definition) is 0. The zero-order valence-corrected chi connectivity index (χ0v) is 15.4. The Kier molecular flexibility index (Phi) is 6.42. The second-order valence-electron chi connectivity index (χ2n) is 5.97. The molecule has 3 nitrogen and oxygen atoms in total. The Labute approximate surface area is 155 Å². The van der Waals surface area contributed by atoms with Crippen LogP contribution in [0.3, 0.4) is 0 Å². The van der Waals surface area contributed by atoms with Crippen molar-refractivity contribution < 1.29 is 13.2 Å². The molecule has 0 saturated heterocycles. The average molecular weight is 382 g/mol. The van der Waals surface area contributed by atoms with Gasteiger partial charge in [-0.25, -0.2) is 0 Å². The topological polar surface area (TPSA) is 28.0 Å². The fourth-order valence-electron chi connectivity index (χ4n) is 2.06. The predicted molar refractivity (Wildman–Crippen MR) is 99.9 cm³/mol. The Balaban J connectivity index is 2.38. The summed E-state index contributed by atoms with van der Waals surface area (Å²) < 4.78 is 38.3. The summed E-state index contributed by atoms with van der Waals surface area (Å²) in [5, 5.41) is 9.06. The quantitative estimate of drug-likeness (QED) is 0.402. The van der Waals surface area contributed by atoms with Crippen LogP contribution in [0.25, 0.3) is 0 Å². The summed E-state index contributed by atoms with van der Waals surface area (Å²) in [5.41, 5.74) is 1.40. The maximum absolute atomic E-state index is 12.8. The molecule has 0 heterocycles. The molecule has 0 unspecified atom stereocenters. The van der Waals surface area contributed by atoms with E-state index in [1.165, 1.54) is 12.1 Å². The fraction of sp³-hybridized carbons (Fsp3) is 0.263. The Hall–Kier alpha value is -2.34. The van der Waals surface area contributed by atoms with Gasteiger partial charge in [-0.15, -0.1) is 5.10 Å². The first-order valence-electron chi connectivity index (χ1n) is 7.87. The number of amidine groups is 1. The summed E-state index contributed by atoms with van der Waals surface area (Å²) in [6.45, 7) is 1.80. The van der Waals surface area contributed by atoms with E-state index in [-0.39, 0.29) is 0 Å². The van der Waals surface area contributed by atoms with Crippen LogP contribution in [0.5, 0.6) is 0 Å². The minimum absolute atomic E-state index is 0.423. The summed E-state index contributed by atoms with van der Waals surface area (Å²) in [7, 11) is 3.68. The molecule has 138 valence electrons. The van der Waals surface area contributed by atoms with E-state index in [2.05, 4.69) is 10.2 Å². The van der Waals surface area contributed by atoms with Crippen molar-refractivity contribution in [2.45, 2.75) is 19.5 Å². The molecule has 2 rings (SSSR count). The minimum Gasteiger partial charge on any atom is -0.365 e. The first kappa shape index (κ1) is 20.0. The molecule has 7 heteroatoms. The van der Waals surface area contributed by atoms with Crippen LogP contribution in [0.4, 0.5) is 13.2 Å². The monoisotopic (exact) mass is 381 g/mol. The van der Waals surface area contributed by atoms with Gasteiger partial charge in [0.25, 0.3) is 0 Å². The van der Waals surface area contributed by atoms with Crippen LogP contribution in [0.1, 0.15) is 23.6 Å². The van der Waals surface area contributed by atoms with E-state index in [1.54, 1.807) is 24.0 Å². The first-order valence-corrected chi connectivity index (χ1v) is 8.25. The van der Waals surface area contributed by atoms with Gasteiger partial charge in [-0.1, -0.05) is 35.9 Å². The minimum atomic E-state index is -4.37. The second-order valence-corrected chi connectivity index (χ2v) is 6.40. The maximum Gasteiger partial charge on any atom is 0.416 e. The van der Waals surface area contributed by atoms with Gasteiger partial charge < -0.3 is 4.90 Å². The van der Waals surface area contributed by atoms with E-state index in [0.717, 1.165) is 17.7 Å². The molecule has 0 N–H and O–H groups in total. The summed E-state index contributed by atoms with van der Waals surface area (Å²) in [6, 6.07) is 12.2. The van der Waals surface area contributed by atoms with Gasteiger partial charge in [0.1, 0.15) is 5.84 Å². The van der Waals surface area contributed by atoms with Crippen LogP contribution in [0.2, 0.25) is 5.02 Å². The second kappa shape index (κ2) is 8.36. The van der Waals surface area contributed by atoms with Crippen LogP contribution in [0, 0.1) is 0 Å². The fourth-order valence-corrected chi connectivity index (χ4v) is 2.19. The van der Waals surface area contributed by atoms with E-state index in [4.69, 9.17) is 11.6 Å². The van der Waals surface area contributed by atoms with Gasteiger partial charge in [0.15, 0.2) is 0 Å². The molecule has 0 aliphatic rings. The predicted octanol–water partition coefficient (Wildman–Crippen LogP) is 5.29. The van der Waals surface area contributed by atoms with Crippen molar-refractivity contribution >= 4 is 23.1 Å². The van der Waals surface area contributed by atoms with E-state index >= 15 is 0 Å². The normalized spacial score (nSPS) is 13.0. The molecule has 2 aromatic carbocycles. The standard InChI is InChI=1S/C19H19ClF3N3/c1-13(26(2)3)24-25-18(12-14-4-10-17(20)11-5-14)15-6-8-16(9-7-15)19(21,22)23/h4-11H,12H2,1-3H3/b24-13-,25-18+. The highest BCUT2D eigenvalue weighted by Crippen LogP contribution is 2.29. The van der Waals surface area contributed by atoms with Gasteiger partial charge in [-0.3, -0.25) is 0 Å². The Morgan fingerprint density at radius 1 is 0.962 bits per heavy atom. The molecule has 0 fully saturated rings. The first-order chi connectivity index (χ1) is 12.2. The van der Waals surface area contributed by atoms with Crippen LogP contribution in [-0.2, 0) is 12.6 Å². The molecule has 0 aliphatic carbocycles. The van der Waals surface area contributed by atoms with Crippen molar-refractivity contribution in [3.8, 4) is 0 Å². The molecule has 0 saturated carbocycles. The highest BCUT2D eigenvalue weighted by molar-refractivity contribution is 6.30. The van der Waals surface area contributed by atoms with Crippen molar-refractivity contribution in [2.75, 3.05) is 14.1 Å². The number of nitrogens with zero attached hydrogens (tertiary/aromatic N) is 3. The molecular weight excluding hydrogens is 363 g/mol. The van der Waals surface area contributed by atoms with Crippen LogP contribution < -0.4 is 0 Å². The van der Waals surface area contributed by atoms with Crippen LogP contribution in [-0.4, -0.2) is 30.5 Å². The number of hydrogen-bond acceptors (Lipinski definition) is 2. The van der Waals surface area contributed by atoms with Gasteiger partial charge in [0.05, 0.1) is 11.3 Å². The average Bonchev–Trinajstić information content (AvgIpc) is 2.59. The molecular formula is C19H19ClF3N3. The van der Waals surface area contributed by atoms with Crippen molar-refractivity contribution in [2.24, 2.45) is 10.2 Å². The molecule has 0 atom stereocenters. The van der Waals surface area contributed by atoms with Gasteiger partial charge in [0, 0.05) is 25.5 Å². The Morgan fingerprint density at radius 2 is 1.54 bits per heavy atom. The zero-order chi connectivity index (χ0) is 19.3. The van der Waals surface area contributed by atoms with Crippen molar-refractivity contribution in [1.29, 1.82) is 0 Å². The summed E-state index contributed by atoms with van der Waals surface area (Å²) in [5.74, 6) is 0.686. The zero-order valence-electron chi connectivity index (χ0n) is 14.7. The van der Waals surface area contributed by atoms with E-state index in [1.807, 2.05) is 26.2 Å². The number of benzene rings is 2. The Bertz CT molecular complexity index is 792. The molecule has 0 spiro atoms. The lowest BCUT2D eigenvalue weighted by Crippen LogP contribution is -2.18. The molecule has 0 aliphatic heterocycles. The molecule has 26 heavy (non-hydrogen) atoms. The molecule has 0 radical (unpaired) electrons. The molecule has 2 aromatic rings. The molecule has 0 amide bonds. The third-order valence-corrected chi connectivity index (χ3v) is 4.04. The van der Waals surface area contributed by atoms with Crippen molar-refractivity contribution in [3.63, 3.8) is 0 Å². The third-order valence-electron chi connectivity index (χ3n) is 3.79. The third kappa shape index (κ3) is 5.59. The van der Waals surface area contributed by atoms with E-state index < -0.39 is 11.7 Å². The smallest absolute Gasteiger partial charge is 0.365 e. The van der Waals surface area contributed by atoms with E-state index in [0.29, 0.717) is 28.6 Å². The lowest BCUT2D eigenvalue weighted by Gasteiger charge is -2.11. The van der Waals surface area contributed by atoms with Crippen LogP contribution >= 0.6 is 11.6 Å². The maximum atomic E-state index is 12.8. The number of rotatable bonds is 4. The summed E-state index contributed by atoms with van der Waals surface area (Å²) in [4.78, 5) is 1.80. The highest BCUT2D eigenvalue weighted by atomic mass is 35.5. The summed E-state index contributed by atoms with van der Waals surface area (Å²) >= 11 is 5.90. The van der Waals surface area contributed by atoms with Gasteiger partial charge in [-0.05, 0) is 42.3 Å². The SMILES string of the molecule is C/C(=N/N=C(\Cc1ccc(Cl)cc1)c1ccc(C(F)(F)F)cc1)N(C)C. The lowest BCUT2D eigenvalue weighted by molar-refractivity contribution is -0.137. The van der Waals surface area contributed by atoms with Gasteiger partial charge >= 0.3 is 6.18 Å². The highest BCUT2D eigenvalue weighted by Gasteiger charge is 2.30. The van der Waals surface area contributed by atoms with Gasteiger partial charge in [-0.2, -0.15) is 18.3 Å².